The van der Waals surface area contributed by atoms with E-state index < -0.39 is 11.9 Å². The molecule has 0 fully saturated rings. The summed E-state index contributed by atoms with van der Waals surface area (Å²) >= 11 is 0. The normalized spacial score (nSPS) is 15.1. The number of carbonyl (C=O) groups is 2. The first kappa shape index (κ1) is 20.6. The van der Waals surface area contributed by atoms with Gasteiger partial charge < -0.3 is 10.2 Å². The van der Waals surface area contributed by atoms with E-state index in [9.17, 15) is 9.59 Å². The first-order valence-electron chi connectivity index (χ1n) is 10.5. The standard InChI is InChI=1S/C19H18.C8H6O4/c1-13-5-4-7-15-10-11-17-16-8-3-2-6-14(16)9-12-18(17)19(13)15;9-7(10)5-1-2-6(4-3-5)8(11)12/h2-3,6,8-13H,4-5,7H2,1H3;1-4H,(H,9,10)(H,11,12). The van der Waals surface area contributed by atoms with Gasteiger partial charge in [-0.2, -0.15) is 0 Å². The van der Waals surface area contributed by atoms with Crippen LogP contribution in [0.3, 0.4) is 0 Å². The smallest absolute Gasteiger partial charge is 0.335 e. The van der Waals surface area contributed by atoms with Crippen LogP contribution in [0.1, 0.15) is 57.5 Å². The van der Waals surface area contributed by atoms with Gasteiger partial charge >= 0.3 is 11.9 Å². The molecular weight excluding hydrogens is 388 g/mol. The first-order chi connectivity index (χ1) is 15.0. The number of aryl methyl sites for hydroxylation is 1. The third kappa shape index (κ3) is 4.15. The maximum absolute atomic E-state index is 10.3. The van der Waals surface area contributed by atoms with Gasteiger partial charge in [0.1, 0.15) is 0 Å². The minimum Gasteiger partial charge on any atom is -0.478 e. The van der Waals surface area contributed by atoms with Crippen LogP contribution in [-0.4, -0.2) is 22.2 Å². The van der Waals surface area contributed by atoms with Gasteiger partial charge in [0.05, 0.1) is 11.1 Å². The van der Waals surface area contributed by atoms with Gasteiger partial charge in [0, 0.05) is 0 Å². The summed E-state index contributed by atoms with van der Waals surface area (Å²) in [7, 11) is 0. The molecule has 0 radical (unpaired) electrons. The molecule has 156 valence electrons. The Morgan fingerprint density at radius 3 is 2.00 bits per heavy atom. The molecule has 0 saturated carbocycles. The van der Waals surface area contributed by atoms with Crippen molar-refractivity contribution in [1.29, 1.82) is 0 Å². The SMILES string of the molecule is CC1CCCc2ccc3c(ccc4ccccc43)c21.O=C(O)c1ccc(C(=O)O)cc1. The zero-order chi connectivity index (χ0) is 22.0. The van der Waals surface area contributed by atoms with Gasteiger partial charge in [-0.05, 0) is 82.1 Å². The molecule has 31 heavy (non-hydrogen) atoms. The van der Waals surface area contributed by atoms with E-state index in [0.717, 1.165) is 0 Å². The van der Waals surface area contributed by atoms with Gasteiger partial charge in [-0.1, -0.05) is 55.5 Å². The predicted octanol–water partition coefficient (Wildman–Crippen LogP) is 6.52. The fourth-order valence-electron chi connectivity index (χ4n) is 4.46. The lowest BCUT2D eigenvalue weighted by Gasteiger charge is -2.24. The van der Waals surface area contributed by atoms with E-state index in [2.05, 4.69) is 55.5 Å². The number of carboxylic acids is 2. The molecule has 1 aliphatic rings. The lowest BCUT2D eigenvalue weighted by molar-refractivity contribution is 0.0681. The summed E-state index contributed by atoms with van der Waals surface area (Å²) in [5.74, 6) is -1.42. The lowest BCUT2D eigenvalue weighted by atomic mass is 9.80. The number of fused-ring (bicyclic) bond motifs is 5. The van der Waals surface area contributed by atoms with Gasteiger partial charge in [-0.25, -0.2) is 9.59 Å². The second-order valence-corrected chi connectivity index (χ2v) is 8.00. The van der Waals surface area contributed by atoms with Crippen LogP contribution >= 0.6 is 0 Å². The summed E-state index contributed by atoms with van der Waals surface area (Å²) in [6.07, 6.45) is 3.93. The topological polar surface area (TPSA) is 74.6 Å². The number of rotatable bonds is 2. The number of benzene rings is 4. The molecule has 4 aromatic rings. The quantitative estimate of drug-likeness (QED) is 0.368. The minimum atomic E-state index is -1.06. The Balaban J connectivity index is 0.000000168. The molecule has 0 bridgehead atoms. The van der Waals surface area contributed by atoms with Gasteiger partial charge in [0.25, 0.3) is 0 Å². The molecule has 0 aromatic heterocycles. The third-order valence-electron chi connectivity index (χ3n) is 6.01. The predicted molar refractivity (Wildman–Crippen MR) is 123 cm³/mol. The molecular formula is C27H24O4. The molecule has 5 rings (SSSR count). The van der Waals surface area contributed by atoms with Gasteiger partial charge in [-0.3, -0.25) is 0 Å². The molecule has 1 aliphatic carbocycles. The van der Waals surface area contributed by atoms with E-state index in [1.165, 1.54) is 65.1 Å². The molecule has 1 atom stereocenters. The summed E-state index contributed by atoms with van der Waals surface area (Å²) in [5, 5.41) is 22.6. The van der Waals surface area contributed by atoms with Crippen LogP contribution in [0.5, 0.6) is 0 Å². The molecule has 0 saturated heterocycles. The monoisotopic (exact) mass is 412 g/mol. The van der Waals surface area contributed by atoms with E-state index in [1.807, 2.05) is 0 Å². The lowest BCUT2D eigenvalue weighted by Crippen LogP contribution is -2.07. The van der Waals surface area contributed by atoms with Gasteiger partial charge in [-0.15, -0.1) is 0 Å². The highest BCUT2D eigenvalue weighted by Crippen LogP contribution is 2.38. The Morgan fingerprint density at radius 1 is 0.742 bits per heavy atom. The van der Waals surface area contributed by atoms with Crippen molar-refractivity contribution >= 4 is 33.5 Å². The summed E-state index contributed by atoms with van der Waals surface area (Å²) < 4.78 is 0. The summed E-state index contributed by atoms with van der Waals surface area (Å²) in [6, 6.07) is 23.0. The van der Waals surface area contributed by atoms with Crippen LogP contribution in [0.2, 0.25) is 0 Å². The highest BCUT2D eigenvalue weighted by Gasteiger charge is 2.19. The molecule has 0 heterocycles. The maximum atomic E-state index is 10.3. The van der Waals surface area contributed by atoms with Crippen LogP contribution in [-0.2, 0) is 6.42 Å². The number of hydrogen-bond donors (Lipinski definition) is 2. The van der Waals surface area contributed by atoms with Crippen molar-refractivity contribution in [3.63, 3.8) is 0 Å². The second kappa shape index (κ2) is 8.60. The average molecular weight is 412 g/mol. The van der Waals surface area contributed by atoms with Crippen molar-refractivity contribution in [2.24, 2.45) is 0 Å². The van der Waals surface area contributed by atoms with Crippen LogP contribution in [0.4, 0.5) is 0 Å². The molecule has 0 amide bonds. The summed E-state index contributed by atoms with van der Waals surface area (Å²) in [6.45, 7) is 2.38. The molecule has 0 spiro atoms. The van der Waals surface area contributed by atoms with E-state index in [-0.39, 0.29) is 11.1 Å². The highest BCUT2D eigenvalue weighted by molar-refractivity contribution is 6.08. The maximum Gasteiger partial charge on any atom is 0.335 e. The number of aromatic carboxylic acids is 2. The Hall–Kier alpha value is -3.66. The van der Waals surface area contributed by atoms with Gasteiger partial charge in [0.15, 0.2) is 0 Å². The largest absolute Gasteiger partial charge is 0.478 e. The van der Waals surface area contributed by atoms with Crippen LogP contribution in [0, 0.1) is 0 Å². The van der Waals surface area contributed by atoms with E-state index in [4.69, 9.17) is 10.2 Å². The molecule has 2 N–H and O–H groups in total. The van der Waals surface area contributed by atoms with E-state index in [0.29, 0.717) is 5.92 Å². The summed E-state index contributed by atoms with van der Waals surface area (Å²) in [4.78, 5) is 20.7. The van der Waals surface area contributed by atoms with Crippen LogP contribution in [0.25, 0.3) is 21.5 Å². The average Bonchev–Trinajstić information content (AvgIpc) is 2.79. The number of carboxylic acid groups (broad SMARTS) is 2. The Kier molecular flexibility index (Phi) is 5.72. The molecule has 4 nitrogen and oxygen atoms in total. The van der Waals surface area contributed by atoms with Gasteiger partial charge in [0.2, 0.25) is 0 Å². The van der Waals surface area contributed by atoms with Crippen molar-refractivity contribution in [2.45, 2.75) is 32.1 Å². The zero-order valence-electron chi connectivity index (χ0n) is 17.3. The van der Waals surface area contributed by atoms with Crippen LogP contribution in [0.15, 0.2) is 72.8 Å². The minimum absolute atomic E-state index is 0.0833. The van der Waals surface area contributed by atoms with E-state index in [1.54, 1.807) is 11.1 Å². The Morgan fingerprint density at radius 2 is 1.35 bits per heavy atom. The highest BCUT2D eigenvalue weighted by atomic mass is 16.4. The fourth-order valence-corrected chi connectivity index (χ4v) is 4.46. The fraction of sp³-hybridized carbons (Fsp3) is 0.185. The summed E-state index contributed by atoms with van der Waals surface area (Å²) in [5.41, 5.74) is 3.34. The first-order valence-corrected chi connectivity index (χ1v) is 10.5. The molecule has 0 aliphatic heterocycles. The van der Waals surface area contributed by atoms with Crippen molar-refractivity contribution < 1.29 is 19.8 Å². The third-order valence-corrected chi connectivity index (χ3v) is 6.01. The van der Waals surface area contributed by atoms with Crippen LogP contribution < -0.4 is 0 Å². The Bertz CT molecular complexity index is 1240. The van der Waals surface area contributed by atoms with Crippen molar-refractivity contribution in [1.82, 2.24) is 0 Å². The second-order valence-electron chi connectivity index (χ2n) is 8.00. The van der Waals surface area contributed by atoms with Crippen molar-refractivity contribution in [3.8, 4) is 0 Å². The number of hydrogen-bond acceptors (Lipinski definition) is 2. The van der Waals surface area contributed by atoms with E-state index >= 15 is 0 Å². The van der Waals surface area contributed by atoms with Crippen molar-refractivity contribution in [3.05, 3.63) is 95.1 Å². The molecule has 4 heteroatoms. The molecule has 4 aromatic carbocycles. The van der Waals surface area contributed by atoms with Crippen molar-refractivity contribution in [2.75, 3.05) is 0 Å². The molecule has 1 unspecified atom stereocenters. The Labute approximate surface area is 180 Å². The zero-order valence-corrected chi connectivity index (χ0v) is 17.3.